The van der Waals surface area contributed by atoms with Crippen LogP contribution in [0.5, 0.6) is 0 Å². The number of hydrogen-bond donors (Lipinski definition) is 1. The number of rotatable bonds is 5. The van der Waals surface area contributed by atoms with E-state index >= 15 is 0 Å². The maximum atomic E-state index is 6.04. The number of hydrogen-bond acceptors (Lipinski definition) is 5. The van der Waals surface area contributed by atoms with Gasteiger partial charge in [-0.25, -0.2) is 0 Å². The van der Waals surface area contributed by atoms with Gasteiger partial charge in [0.05, 0.1) is 5.56 Å². The summed E-state index contributed by atoms with van der Waals surface area (Å²) in [5.41, 5.74) is 8.09. The van der Waals surface area contributed by atoms with Crippen molar-refractivity contribution in [3.05, 3.63) is 24.5 Å². The molecule has 0 aromatic carbocycles. The molecule has 2 rings (SSSR count). The van der Waals surface area contributed by atoms with Crippen LogP contribution < -0.4 is 10.6 Å². The molecule has 4 nitrogen and oxygen atoms in total. The van der Waals surface area contributed by atoms with Crippen LogP contribution in [0.1, 0.15) is 20.8 Å². The summed E-state index contributed by atoms with van der Waals surface area (Å²) >= 11 is 1.47. The van der Waals surface area contributed by atoms with Crippen LogP contribution in [0, 0.1) is 5.92 Å². The molecule has 19 heavy (non-hydrogen) atoms. The van der Waals surface area contributed by atoms with Gasteiger partial charge in [0.25, 0.3) is 0 Å². The van der Waals surface area contributed by atoms with Gasteiger partial charge in [0.15, 0.2) is 0 Å². The van der Waals surface area contributed by atoms with Gasteiger partial charge in [-0.15, -0.1) is 0 Å². The Hall–Kier alpha value is -1.62. The molecule has 0 radical (unpaired) electrons. The Kier molecular flexibility index (Phi) is 4.37. The molecule has 0 aliphatic carbocycles. The lowest BCUT2D eigenvalue weighted by atomic mass is 10.1. The van der Waals surface area contributed by atoms with Crippen molar-refractivity contribution in [2.45, 2.75) is 20.8 Å². The highest BCUT2D eigenvalue weighted by Crippen LogP contribution is 2.39. The summed E-state index contributed by atoms with van der Waals surface area (Å²) in [5.74, 6) is 1.19. The fourth-order valence-corrected chi connectivity index (χ4v) is 3.00. The topological polar surface area (TPSA) is 55.0 Å². The largest absolute Gasteiger partial charge is 0.382 e. The molecule has 0 aliphatic rings. The Morgan fingerprint density at radius 2 is 2.21 bits per heavy atom. The van der Waals surface area contributed by atoms with E-state index in [2.05, 4.69) is 35.0 Å². The minimum absolute atomic E-state index is 0.593. The first-order valence-corrected chi connectivity index (χ1v) is 7.31. The van der Waals surface area contributed by atoms with Gasteiger partial charge in [-0.3, -0.25) is 4.98 Å². The van der Waals surface area contributed by atoms with Gasteiger partial charge in [0.2, 0.25) is 0 Å². The second-order valence-electron chi connectivity index (χ2n) is 4.92. The van der Waals surface area contributed by atoms with Gasteiger partial charge in [-0.1, -0.05) is 19.9 Å². The summed E-state index contributed by atoms with van der Waals surface area (Å²) in [5, 5.41) is 1.14. The third-order valence-corrected chi connectivity index (χ3v) is 3.83. The van der Waals surface area contributed by atoms with Crippen LogP contribution in [-0.2, 0) is 0 Å². The monoisotopic (exact) mass is 276 g/mol. The SMILES string of the molecule is CCN(CC(C)C)c1snc(N)c1-c1cccnc1. The first-order valence-electron chi connectivity index (χ1n) is 6.54. The molecule has 0 saturated heterocycles. The second kappa shape index (κ2) is 6.02. The van der Waals surface area contributed by atoms with E-state index in [9.17, 15) is 0 Å². The van der Waals surface area contributed by atoms with Crippen molar-refractivity contribution in [3.8, 4) is 11.1 Å². The minimum atomic E-state index is 0.593. The van der Waals surface area contributed by atoms with E-state index in [1.54, 1.807) is 6.20 Å². The van der Waals surface area contributed by atoms with Crippen LogP contribution in [0.3, 0.4) is 0 Å². The molecule has 0 fully saturated rings. The summed E-state index contributed by atoms with van der Waals surface area (Å²) in [6.45, 7) is 8.55. The third kappa shape index (κ3) is 3.04. The van der Waals surface area contributed by atoms with Gasteiger partial charge < -0.3 is 10.6 Å². The van der Waals surface area contributed by atoms with Gasteiger partial charge in [0, 0.05) is 31.0 Å². The van der Waals surface area contributed by atoms with E-state index < -0.39 is 0 Å². The molecule has 0 bridgehead atoms. The highest BCUT2D eigenvalue weighted by atomic mass is 32.1. The molecule has 0 amide bonds. The Morgan fingerprint density at radius 1 is 1.42 bits per heavy atom. The number of nitrogens with two attached hydrogens (primary N) is 1. The molecule has 102 valence electrons. The quantitative estimate of drug-likeness (QED) is 0.910. The number of nitrogen functional groups attached to an aromatic ring is 1. The first-order chi connectivity index (χ1) is 9.13. The van der Waals surface area contributed by atoms with E-state index in [0.29, 0.717) is 11.7 Å². The zero-order chi connectivity index (χ0) is 13.8. The molecule has 0 aliphatic heterocycles. The molecule has 0 unspecified atom stereocenters. The molecular formula is C14H20N4S. The molecule has 0 saturated carbocycles. The molecule has 2 heterocycles. The fraction of sp³-hybridized carbons (Fsp3) is 0.429. The lowest BCUT2D eigenvalue weighted by molar-refractivity contribution is 0.621. The van der Waals surface area contributed by atoms with Crippen LogP contribution >= 0.6 is 11.5 Å². The van der Waals surface area contributed by atoms with Gasteiger partial charge in [-0.05, 0) is 30.4 Å². The van der Waals surface area contributed by atoms with E-state index in [-0.39, 0.29) is 0 Å². The molecule has 5 heteroatoms. The van der Waals surface area contributed by atoms with Gasteiger partial charge >= 0.3 is 0 Å². The fourth-order valence-electron chi connectivity index (χ4n) is 2.09. The van der Waals surface area contributed by atoms with Crippen molar-refractivity contribution in [1.82, 2.24) is 9.36 Å². The Labute approximate surface area is 118 Å². The Morgan fingerprint density at radius 3 is 2.79 bits per heavy atom. The summed E-state index contributed by atoms with van der Waals surface area (Å²) < 4.78 is 4.32. The maximum Gasteiger partial charge on any atom is 0.147 e. The highest BCUT2D eigenvalue weighted by molar-refractivity contribution is 7.11. The average molecular weight is 276 g/mol. The van der Waals surface area contributed by atoms with Gasteiger partial charge in [0.1, 0.15) is 10.8 Å². The standard InChI is InChI=1S/C14H20N4S/c1-4-18(9-10(2)3)14-12(13(15)17-19-14)11-6-5-7-16-8-11/h5-8,10H,4,9H2,1-3H3,(H2,15,17). The van der Waals surface area contributed by atoms with Crippen molar-refractivity contribution >= 4 is 22.4 Å². The normalized spacial score (nSPS) is 10.9. The lowest BCUT2D eigenvalue weighted by Gasteiger charge is -2.24. The average Bonchev–Trinajstić information content (AvgIpc) is 2.78. The highest BCUT2D eigenvalue weighted by Gasteiger charge is 2.19. The Balaban J connectivity index is 2.42. The second-order valence-corrected chi connectivity index (χ2v) is 5.67. The first kappa shape index (κ1) is 13.8. The smallest absolute Gasteiger partial charge is 0.147 e. The number of aromatic nitrogens is 2. The molecule has 2 N–H and O–H groups in total. The van der Waals surface area contributed by atoms with E-state index in [1.165, 1.54) is 11.5 Å². The zero-order valence-corrected chi connectivity index (χ0v) is 12.4. The van der Waals surface area contributed by atoms with Crippen LogP contribution in [-0.4, -0.2) is 22.4 Å². The number of nitrogens with zero attached hydrogens (tertiary/aromatic N) is 3. The maximum absolute atomic E-state index is 6.04. The van der Waals surface area contributed by atoms with Crippen molar-refractivity contribution in [2.75, 3.05) is 23.7 Å². The minimum Gasteiger partial charge on any atom is -0.382 e. The zero-order valence-electron chi connectivity index (χ0n) is 11.6. The summed E-state index contributed by atoms with van der Waals surface area (Å²) in [4.78, 5) is 6.51. The molecule has 0 spiro atoms. The third-order valence-electron chi connectivity index (χ3n) is 2.91. The summed E-state index contributed by atoms with van der Waals surface area (Å²) in [7, 11) is 0. The van der Waals surface area contributed by atoms with Gasteiger partial charge in [-0.2, -0.15) is 4.37 Å². The summed E-state index contributed by atoms with van der Waals surface area (Å²) in [6.07, 6.45) is 3.61. The molecule has 2 aromatic rings. The number of anilines is 2. The van der Waals surface area contributed by atoms with Crippen LogP contribution in [0.4, 0.5) is 10.8 Å². The predicted molar refractivity (Wildman–Crippen MR) is 82.5 cm³/mol. The van der Waals surface area contributed by atoms with Crippen LogP contribution in [0.25, 0.3) is 11.1 Å². The van der Waals surface area contributed by atoms with E-state index in [1.807, 2.05) is 18.3 Å². The summed E-state index contributed by atoms with van der Waals surface area (Å²) in [6, 6.07) is 3.95. The number of pyridine rings is 1. The van der Waals surface area contributed by atoms with E-state index in [4.69, 9.17) is 5.73 Å². The van der Waals surface area contributed by atoms with Crippen LogP contribution in [0.15, 0.2) is 24.5 Å². The molecule has 0 atom stereocenters. The van der Waals surface area contributed by atoms with E-state index in [0.717, 1.165) is 29.2 Å². The molecular weight excluding hydrogens is 256 g/mol. The molecule has 2 aromatic heterocycles. The van der Waals surface area contributed by atoms with Crippen molar-refractivity contribution in [3.63, 3.8) is 0 Å². The predicted octanol–water partition coefficient (Wildman–Crippen LogP) is 3.27. The van der Waals surface area contributed by atoms with Crippen molar-refractivity contribution in [2.24, 2.45) is 5.92 Å². The van der Waals surface area contributed by atoms with Crippen molar-refractivity contribution < 1.29 is 0 Å². The van der Waals surface area contributed by atoms with Crippen LogP contribution in [0.2, 0.25) is 0 Å². The Bertz CT molecular complexity index is 521. The lowest BCUT2D eigenvalue weighted by Crippen LogP contribution is -2.26. The van der Waals surface area contributed by atoms with Crippen molar-refractivity contribution in [1.29, 1.82) is 0 Å².